The maximum absolute atomic E-state index is 9.60. The molecule has 1 saturated carbocycles. The first kappa shape index (κ1) is 21.5. The van der Waals surface area contributed by atoms with Gasteiger partial charge in [0.1, 0.15) is 0 Å². The minimum Gasteiger partial charge on any atom is -0.478 e. The summed E-state index contributed by atoms with van der Waals surface area (Å²) in [5.41, 5.74) is 0.176. The number of aliphatic carboxylic acids is 1. The van der Waals surface area contributed by atoms with E-state index in [1.807, 2.05) is 0 Å². The van der Waals surface area contributed by atoms with Crippen molar-refractivity contribution in [3.63, 3.8) is 0 Å². The minimum atomic E-state index is -0.935. The minimum absolute atomic E-state index is 0.176. The average molecular weight is 286 g/mol. The molecule has 1 aliphatic rings. The van der Waals surface area contributed by atoms with Crippen LogP contribution in [0.5, 0.6) is 0 Å². The van der Waals surface area contributed by atoms with Crippen LogP contribution >= 0.6 is 0 Å². The zero-order chi connectivity index (χ0) is 15.6. The Morgan fingerprint density at radius 1 is 0.700 bits per heavy atom. The third kappa shape index (κ3) is 19.5. The molecule has 1 rings (SSSR count). The van der Waals surface area contributed by atoms with E-state index in [1.54, 1.807) is 0 Å². The number of carboxylic acid groups (broad SMARTS) is 1. The average Bonchev–Trinajstić information content (AvgIpc) is 2.42. The zero-order valence-corrected chi connectivity index (χ0v) is 13.5. The Morgan fingerprint density at radius 2 is 0.800 bits per heavy atom. The van der Waals surface area contributed by atoms with Crippen molar-refractivity contribution in [3.8, 4) is 0 Å². The molecule has 3 heteroatoms. The van der Waals surface area contributed by atoms with Gasteiger partial charge in [-0.05, 0) is 6.92 Å². The van der Waals surface area contributed by atoms with E-state index in [9.17, 15) is 4.79 Å². The number of carbonyl (C=O) groups is 1. The summed E-state index contributed by atoms with van der Waals surface area (Å²) in [5, 5.41) is 14.9. The molecule has 1 fully saturated rings. The van der Waals surface area contributed by atoms with Crippen molar-refractivity contribution in [2.75, 3.05) is 7.11 Å². The molecular formula is C17H34O3. The van der Waals surface area contributed by atoms with Gasteiger partial charge in [0.2, 0.25) is 0 Å². The SMILES string of the molecule is C1CCCCCCCCCCC1.C=C(C)C(=O)O.CO. The quantitative estimate of drug-likeness (QED) is 0.671. The van der Waals surface area contributed by atoms with E-state index < -0.39 is 5.97 Å². The Balaban J connectivity index is 0. The summed E-state index contributed by atoms with van der Waals surface area (Å²) in [6.07, 6.45) is 18.0. The van der Waals surface area contributed by atoms with Crippen molar-refractivity contribution in [1.29, 1.82) is 0 Å². The lowest BCUT2D eigenvalue weighted by atomic mass is 10.0. The van der Waals surface area contributed by atoms with Crippen molar-refractivity contribution < 1.29 is 15.0 Å². The van der Waals surface area contributed by atoms with Gasteiger partial charge in [0.25, 0.3) is 0 Å². The summed E-state index contributed by atoms with van der Waals surface area (Å²) >= 11 is 0. The molecule has 0 atom stereocenters. The van der Waals surface area contributed by atoms with Crippen molar-refractivity contribution in [1.82, 2.24) is 0 Å². The van der Waals surface area contributed by atoms with Gasteiger partial charge in [0.15, 0.2) is 0 Å². The Hall–Kier alpha value is -0.830. The predicted octanol–water partition coefficient (Wildman–Crippen LogP) is 4.94. The van der Waals surface area contributed by atoms with Gasteiger partial charge >= 0.3 is 5.97 Å². The van der Waals surface area contributed by atoms with Gasteiger partial charge < -0.3 is 10.2 Å². The third-order valence-electron chi connectivity index (χ3n) is 3.37. The molecule has 20 heavy (non-hydrogen) atoms. The van der Waals surface area contributed by atoms with Gasteiger partial charge in [0.05, 0.1) is 0 Å². The first-order chi connectivity index (χ1) is 9.64. The summed E-state index contributed by atoms with van der Waals surface area (Å²) < 4.78 is 0. The van der Waals surface area contributed by atoms with Crippen molar-refractivity contribution in [2.45, 2.75) is 84.0 Å². The second kappa shape index (κ2) is 18.2. The van der Waals surface area contributed by atoms with Gasteiger partial charge in [0, 0.05) is 12.7 Å². The van der Waals surface area contributed by atoms with E-state index in [1.165, 1.54) is 84.0 Å². The van der Waals surface area contributed by atoms with Crippen LogP contribution in [0.3, 0.4) is 0 Å². The fraction of sp³-hybridized carbons (Fsp3) is 0.824. The highest BCUT2D eigenvalue weighted by Gasteiger charge is 1.96. The van der Waals surface area contributed by atoms with Crippen LogP contribution < -0.4 is 0 Å². The van der Waals surface area contributed by atoms with Gasteiger partial charge in [-0.15, -0.1) is 0 Å². The molecule has 0 aliphatic heterocycles. The normalized spacial score (nSPS) is 16.9. The summed E-state index contributed by atoms with van der Waals surface area (Å²) in [4.78, 5) is 9.60. The van der Waals surface area contributed by atoms with Crippen LogP contribution in [0.4, 0.5) is 0 Å². The number of rotatable bonds is 1. The summed E-state index contributed by atoms with van der Waals surface area (Å²) in [7, 11) is 1.00. The Labute approximate surface area is 125 Å². The molecule has 1 aliphatic carbocycles. The summed E-state index contributed by atoms with van der Waals surface area (Å²) in [6.45, 7) is 4.60. The van der Waals surface area contributed by atoms with Crippen LogP contribution in [-0.4, -0.2) is 23.3 Å². The molecular weight excluding hydrogens is 252 g/mol. The lowest BCUT2D eigenvalue weighted by Gasteiger charge is -2.05. The zero-order valence-electron chi connectivity index (χ0n) is 13.5. The second-order valence-corrected chi connectivity index (χ2v) is 5.33. The van der Waals surface area contributed by atoms with E-state index in [0.29, 0.717) is 0 Å². The topological polar surface area (TPSA) is 57.5 Å². The molecule has 0 amide bonds. The molecule has 0 heterocycles. The third-order valence-corrected chi connectivity index (χ3v) is 3.37. The maximum Gasteiger partial charge on any atom is 0.330 e. The highest BCUT2D eigenvalue weighted by molar-refractivity contribution is 5.84. The highest BCUT2D eigenvalue weighted by atomic mass is 16.4. The molecule has 0 saturated heterocycles. The lowest BCUT2D eigenvalue weighted by molar-refractivity contribution is -0.132. The molecule has 0 radical (unpaired) electrons. The number of carboxylic acids is 1. The largest absolute Gasteiger partial charge is 0.478 e. The molecule has 0 unspecified atom stereocenters. The monoisotopic (exact) mass is 286 g/mol. The number of hydrogen-bond donors (Lipinski definition) is 2. The molecule has 3 nitrogen and oxygen atoms in total. The fourth-order valence-electron chi connectivity index (χ4n) is 2.12. The highest BCUT2D eigenvalue weighted by Crippen LogP contribution is 2.15. The van der Waals surface area contributed by atoms with Crippen LogP contribution in [0.15, 0.2) is 12.2 Å². The molecule has 120 valence electrons. The molecule has 0 spiro atoms. The van der Waals surface area contributed by atoms with Crippen LogP contribution in [0.1, 0.15) is 84.0 Å². The molecule has 0 aromatic rings. The van der Waals surface area contributed by atoms with E-state index >= 15 is 0 Å². The predicted molar refractivity (Wildman–Crippen MR) is 86.0 cm³/mol. The van der Waals surface area contributed by atoms with Crippen molar-refractivity contribution in [2.24, 2.45) is 0 Å². The lowest BCUT2D eigenvalue weighted by Crippen LogP contribution is -1.92. The fourth-order valence-corrected chi connectivity index (χ4v) is 2.12. The molecule has 0 bridgehead atoms. The van der Waals surface area contributed by atoms with Gasteiger partial charge in [-0.2, -0.15) is 0 Å². The van der Waals surface area contributed by atoms with Crippen molar-refractivity contribution >= 4 is 5.97 Å². The number of aliphatic hydroxyl groups is 1. The maximum atomic E-state index is 9.60. The van der Waals surface area contributed by atoms with Crippen LogP contribution in [-0.2, 0) is 4.79 Å². The van der Waals surface area contributed by atoms with Crippen LogP contribution in [0.2, 0.25) is 0 Å². The number of aliphatic hydroxyl groups excluding tert-OH is 1. The molecule has 0 aromatic heterocycles. The Morgan fingerprint density at radius 3 is 0.850 bits per heavy atom. The van der Waals surface area contributed by atoms with E-state index in [-0.39, 0.29) is 5.57 Å². The van der Waals surface area contributed by atoms with E-state index in [0.717, 1.165) is 7.11 Å². The smallest absolute Gasteiger partial charge is 0.330 e. The summed E-state index contributed by atoms with van der Waals surface area (Å²) in [6, 6.07) is 0. The second-order valence-electron chi connectivity index (χ2n) is 5.33. The van der Waals surface area contributed by atoms with Gasteiger partial charge in [-0.3, -0.25) is 0 Å². The Kier molecular flexibility index (Phi) is 19.5. The summed E-state index contributed by atoms with van der Waals surface area (Å²) in [5.74, 6) is -0.935. The first-order valence-electron chi connectivity index (χ1n) is 7.98. The van der Waals surface area contributed by atoms with Crippen molar-refractivity contribution in [3.05, 3.63) is 12.2 Å². The van der Waals surface area contributed by atoms with Gasteiger partial charge in [-0.1, -0.05) is 83.6 Å². The number of hydrogen-bond acceptors (Lipinski definition) is 2. The van der Waals surface area contributed by atoms with Gasteiger partial charge in [-0.25, -0.2) is 4.79 Å². The van der Waals surface area contributed by atoms with Crippen LogP contribution in [0.25, 0.3) is 0 Å². The van der Waals surface area contributed by atoms with E-state index in [2.05, 4.69) is 6.58 Å². The Bertz CT molecular complexity index is 169. The van der Waals surface area contributed by atoms with E-state index in [4.69, 9.17) is 10.2 Å². The van der Waals surface area contributed by atoms with Crippen LogP contribution in [0, 0.1) is 0 Å². The first-order valence-corrected chi connectivity index (χ1v) is 7.98. The molecule has 0 aromatic carbocycles. The standard InChI is InChI=1S/C12H24.C4H6O2.CH4O/c1-2-4-6-8-10-12-11-9-7-5-3-1;1-3(2)4(5)6;1-2/h1-12H2;1H2,2H3,(H,5,6);2H,1H3. The molecule has 2 N–H and O–H groups in total.